The van der Waals surface area contributed by atoms with E-state index in [0.29, 0.717) is 0 Å². The summed E-state index contributed by atoms with van der Waals surface area (Å²) in [4.78, 5) is 16.7. The van der Waals surface area contributed by atoms with Crippen LogP contribution in [0.3, 0.4) is 0 Å². The van der Waals surface area contributed by atoms with Crippen LogP contribution < -0.4 is 123 Å². The van der Waals surface area contributed by atoms with E-state index in [1.54, 1.807) is 0 Å². The monoisotopic (exact) mass is 258 g/mol. The molecular weight excluding hydrogens is 255 g/mol. The van der Waals surface area contributed by atoms with Crippen LogP contribution in [0.1, 0.15) is 0 Å². The Morgan fingerprint density at radius 1 is 0.692 bits per heavy atom. The Hall–Kier alpha value is 2.50. The van der Waals surface area contributed by atoms with Crippen molar-refractivity contribution in [3.8, 4) is 0 Å². The summed E-state index contributed by atoms with van der Waals surface area (Å²) in [6, 6.07) is 0. The molecule has 0 aliphatic heterocycles. The second-order valence-corrected chi connectivity index (χ2v) is 0.500. The second kappa shape index (κ2) is 36.6. The fraction of sp³-hybridized carbons (Fsp3) is 0. The maximum Gasteiger partial charge on any atom is 2.00 e. The van der Waals surface area contributed by atoms with Gasteiger partial charge in [-0.05, 0) is 12.3 Å². The van der Waals surface area contributed by atoms with E-state index in [-0.39, 0.29) is 137 Å². The number of rotatable bonds is 0. The van der Waals surface area contributed by atoms with Gasteiger partial charge in [-0.1, -0.05) is 0 Å². The van der Waals surface area contributed by atoms with Crippen molar-refractivity contribution in [2.45, 2.75) is 0 Å². The van der Waals surface area contributed by atoms with Gasteiger partial charge in [0.2, 0.25) is 0 Å². The Balaban J connectivity index is -0.00000000800. The third-order valence-electron chi connectivity index (χ3n) is 0. The van der Waals surface area contributed by atoms with Gasteiger partial charge < -0.3 is 41.0 Å². The molecule has 0 spiro atoms. The molecule has 0 rings (SSSR count). The summed E-state index contributed by atoms with van der Waals surface area (Å²) in [7, 11) is 0. The minimum absolute atomic E-state index is 0. The SMILES string of the molecule is O.O.O=C([O-])[O-].O=C([O-])[O-].[K+].[K+].[Mg+2]. The van der Waals surface area contributed by atoms with Gasteiger partial charge in [0.05, 0.1) is 0 Å². The van der Waals surface area contributed by atoms with Gasteiger partial charge in [-0.3, -0.25) is 0 Å². The van der Waals surface area contributed by atoms with Crippen LogP contribution in [0.15, 0.2) is 0 Å². The predicted octanol–water partition coefficient (Wildman–Crippen LogP) is -12.9. The van der Waals surface area contributed by atoms with Gasteiger partial charge in [0.25, 0.3) is 0 Å². The zero-order valence-corrected chi connectivity index (χ0v) is 14.8. The first kappa shape index (κ1) is 45.1. The third kappa shape index (κ3) is 363. The maximum atomic E-state index is 8.33. The van der Waals surface area contributed by atoms with E-state index in [2.05, 4.69) is 0 Å². The van der Waals surface area contributed by atoms with Gasteiger partial charge in [-0.25, -0.2) is 0 Å². The molecular formula is C2H4K2MgO8. The predicted molar refractivity (Wildman–Crippen MR) is 23.8 cm³/mol. The van der Waals surface area contributed by atoms with Crippen LogP contribution in [0.2, 0.25) is 0 Å². The maximum absolute atomic E-state index is 8.33. The molecule has 0 aromatic carbocycles. The average molecular weight is 259 g/mol. The van der Waals surface area contributed by atoms with E-state index < -0.39 is 12.3 Å². The molecule has 0 amide bonds. The minimum Gasteiger partial charge on any atom is -0.652 e. The molecule has 0 saturated heterocycles. The van der Waals surface area contributed by atoms with Crippen molar-refractivity contribution in [3.05, 3.63) is 0 Å². The van der Waals surface area contributed by atoms with Crippen LogP contribution in [-0.2, 0) is 0 Å². The fourth-order valence-corrected chi connectivity index (χ4v) is 0. The average Bonchev–Trinajstić information content (AvgIpc) is 1.25. The van der Waals surface area contributed by atoms with Crippen molar-refractivity contribution in [3.63, 3.8) is 0 Å². The van der Waals surface area contributed by atoms with Crippen molar-refractivity contribution >= 4 is 35.4 Å². The molecule has 8 nitrogen and oxygen atoms in total. The molecule has 0 radical (unpaired) electrons. The zero-order valence-electron chi connectivity index (χ0n) is 7.16. The van der Waals surface area contributed by atoms with Gasteiger partial charge in [0.1, 0.15) is 0 Å². The number of carboxylic acid groups (broad SMARTS) is 4. The van der Waals surface area contributed by atoms with Gasteiger partial charge in [-0.15, -0.1) is 0 Å². The molecule has 0 aromatic rings. The summed E-state index contributed by atoms with van der Waals surface area (Å²) in [6.07, 6.45) is -4.67. The first-order valence-corrected chi connectivity index (χ1v) is 1.22. The number of carbonyl (C=O) groups excluding carboxylic acids is 2. The van der Waals surface area contributed by atoms with E-state index >= 15 is 0 Å². The largest absolute Gasteiger partial charge is 2.00 e. The van der Waals surface area contributed by atoms with Crippen molar-refractivity contribution < 1.29 is 144 Å². The van der Waals surface area contributed by atoms with Crippen LogP contribution in [0.4, 0.5) is 9.59 Å². The van der Waals surface area contributed by atoms with E-state index in [9.17, 15) is 0 Å². The van der Waals surface area contributed by atoms with Crippen molar-refractivity contribution in [2.24, 2.45) is 0 Å². The molecule has 0 heterocycles. The molecule has 13 heavy (non-hydrogen) atoms. The Morgan fingerprint density at radius 3 is 0.692 bits per heavy atom. The summed E-state index contributed by atoms with van der Waals surface area (Å²) >= 11 is 0. The Morgan fingerprint density at radius 2 is 0.692 bits per heavy atom. The second-order valence-electron chi connectivity index (χ2n) is 0.500. The Labute approximate surface area is 175 Å². The van der Waals surface area contributed by atoms with E-state index in [0.717, 1.165) is 0 Å². The van der Waals surface area contributed by atoms with E-state index in [4.69, 9.17) is 30.0 Å². The Kier molecular flexibility index (Phi) is 127. The van der Waals surface area contributed by atoms with Gasteiger partial charge >= 0.3 is 126 Å². The van der Waals surface area contributed by atoms with Crippen LogP contribution in [-0.4, -0.2) is 46.3 Å². The van der Waals surface area contributed by atoms with Crippen molar-refractivity contribution in [1.82, 2.24) is 0 Å². The molecule has 0 unspecified atom stereocenters. The molecule has 0 atom stereocenters. The van der Waals surface area contributed by atoms with E-state index in [1.807, 2.05) is 0 Å². The topological polar surface area (TPSA) is 189 Å². The third-order valence-corrected chi connectivity index (χ3v) is 0. The molecule has 0 aromatic heterocycles. The van der Waals surface area contributed by atoms with E-state index in [1.165, 1.54) is 0 Å². The standard InChI is InChI=1S/2CH2O3.2K.Mg.2H2O/c2*2-1(3)4;;;;;/h2*(H2,2,3,4);;;;2*1H2/q;;2*+1;+2;;/p-4. The molecule has 0 aliphatic rings. The Bertz CT molecular complexity index is 78.1. The molecule has 64 valence electrons. The normalized spacial score (nSPS) is 3.69. The van der Waals surface area contributed by atoms with Crippen LogP contribution in [0.5, 0.6) is 0 Å². The summed E-state index contributed by atoms with van der Waals surface area (Å²) in [5.74, 6) is 0. The molecule has 0 saturated carbocycles. The molecule has 0 bridgehead atoms. The first-order valence-electron chi connectivity index (χ1n) is 1.22. The van der Waals surface area contributed by atoms with Crippen LogP contribution in [0, 0.1) is 0 Å². The summed E-state index contributed by atoms with van der Waals surface area (Å²) in [6.45, 7) is 0. The fourth-order valence-electron chi connectivity index (χ4n) is 0. The quantitative estimate of drug-likeness (QED) is 0.387. The van der Waals surface area contributed by atoms with Gasteiger partial charge in [0.15, 0.2) is 0 Å². The number of hydrogen-bond donors (Lipinski definition) is 0. The smallest absolute Gasteiger partial charge is 0.652 e. The zero-order chi connectivity index (χ0) is 7.15. The summed E-state index contributed by atoms with van der Waals surface area (Å²) < 4.78 is 0. The van der Waals surface area contributed by atoms with Crippen LogP contribution >= 0.6 is 0 Å². The first-order chi connectivity index (χ1) is 3.46. The van der Waals surface area contributed by atoms with Gasteiger partial charge in [0, 0.05) is 0 Å². The molecule has 0 aliphatic carbocycles. The molecule has 4 N–H and O–H groups in total. The van der Waals surface area contributed by atoms with Crippen molar-refractivity contribution in [2.75, 3.05) is 0 Å². The molecule has 0 fully saturated rings. The van der Waals surface area contributed by atoms with Crippen molar-refractivity contribution in [1.29, 1.82) is 0 Å². The number of hydrogen-bond acceptors (Lipinski definition) is 6. The van der Waals surface area contributed by atoms with Gasteiger partial charge in [-0.2, -0.15) is 0 Å². The van der Waals surface area contributed by atoms with Crippen LogP contribution in [0.25, 0.3) is 0 Å². The molecule has 11 heteroatoms. The minimum atomic E-state index is -2.33. The summed E-state index contributed by atoms with van der Waals surface area (Å²) in [5, 5.41) is 33.3. The number of carbonyl (C=O) groups is 2. The summed E-state index contributed by atoms with van der Waals surface area (Å²) in [5.41, 5.74) is 0.